The lowest BCUT2D eigenvalue weighted by atomic mass is 9.79. The average molecular weight is 322 g/mol. The van der Waals surface area contributed by atoms with Crippen molar-refractivity contribution in [3.05, 3.63) is 20.3 Å². The third kappa shape index (κ3) is 2.21. The molecule has 90 valence electrons. The van der Waals surface area contributed by atoms with Gasteiger partial charge in [0, 0.05) is 14.2 Å². The van der Waals surface area contributed by atoms with E-state index in [0.717, 1.165) is 0 Å². The molecule has 0 aromatic carbocycles. The number of alkyl halides is 1. The van der Waals surface area contributed by atoms with Gasteiger partial charge in [0.2, 0.25) is 0 Å². The molecule has 1 aliphatic carbocycles. The molecule has 1 aromatic heterocycles. The van der Waals surface area contributed by atoms with Crippen molar-refractivity contribution in [3.63, 3.8) is 0 Å². The Hall–Kier alpha value is 0.470. The Morgan fingerprint density at radius 2 is 2.12 bits per heavy atom. The van der Waals surface area contributed by atoms with Crippen LogP contribution in [0.25, 0.3) is 0 Å². The SMILES string of the molecule is CCC1(C(Cl)c2cc(Br)c(C)s2)CCCC1. The highest BCUT2D eigenvalue weighted by atomic mass is 79.9. The first-order chi connectivity index (χ1) is 7.59. The molecule has 1 unspecified atom stereocenters. The van der Waals surface area contributed by atoms with E-state index in [9.17, 15) is 0 Å². The van der Waals surface area contributed by atoms with Crippen molar-refractivity contribution in [3.8, 4) is 0 Å². The van der Waals surface area contributed by atoms with Crippen molar-refractivity contribution < 1.29 is 0 Å². The Labute approximate surface area is 116 Å². The van der Waals surface area contributed by atoms with E-state index in [-0.39, 0.29) is 5.38 Å². The van der Waals surface area contributed by atoms with Crippen LogP contribution in [0.1, 0.15) is 54.2 Å². The maximum absolute atomic E-state index is 6.74. The third-order valence-corrected chi connectivity index (χ3v) is 7.00. The van der Waals surface area contributed by atoms with Crippen LogP contribution in [0.3, 0.4) is 0 Å². The number of thiophene rings is 1. The number of hydrogen-bond acceptors (Lipinski definition) is 1. The summed E-state index contributed by atoms with van der Waals surface area (Å²) in [6.45, 7) is 4.44. The summed E-state index contributed by atoms with van der Waals surface area (Å²) in [6, 6.07) is 2.22. The van der Waals surface area contributed by atoms with E-state index in [1.807, 2.05) is 11.3 Å². The van der Waals surface area contributed by atoms with Crippen LogP contribution in [0.5, 0.6) is 0 Å². The summed E-state index contributed by atoms with van der Waals surface area (Å²) in [4.78, 5) is 2.68. The predicted octanol–water partition coefficient (Wildman–Crippen LogP) is 6.07. The minimum Gasteiger partial charge on any atom is -0.143 e. The summed E-state index contributed by atoms with van der Waals surface area (Å²) in [7, 11) is 0. The van der Waals surface area contributed by atoms with Crippen LogP contribution >= 0.6 is 38.9 Å². The molecular formula is C13H18BrClS. The molecule has 0 radical (unpaired) electrons. The second-order valence-corrected chi connectivity index (χ2v) is 7.42. The van der Waals surface area contributed by atoms with E-state index in [2.05, 4.69) is 35.8 Å². The lowest BCUT2D eigenvalue weighted by molar-refractivity contribution is 0.273. The van der Waals surface area contributed by atoms with Crippen molar-refractivity contribution in [2.75, 3.05) is 0 Å². The topological polar surface area (TPSA) is 0 Å². The first-order valence-corrected chi connectivity index (χ1v) is 8.03. The second kappa shape index (κ2) is 4.99. The molecular weight excluding hydrogens is 304 g/mol. The molecule has 1 heterocycles. The molecule has 1 saturated carbocycles. The van der Waals surface area contributed by atoms with Crippen molar-refractivity contribution in [2.45, 2.75) is 51.3 Å². The molecule has 0 aliphatic heterocycles. The lowest BCUT2D eigenvalue weighted by Gasteiger charge is -2.32. The molecule has 0 saturated heterocycles. The highest BCUT2D eigenvalue weighted by Gasteiger charge is 2.40. The van der Waals surface area contributed by atoms with Gasteiger partial charge in [-0.1, -0.05) is 19.8 Å². The second-order valence-electron chi connectivity index (χ2n) is 4.84. The van der Waals surface area contributed by atoms with Gasteiger partial charge in [-0.05, 0) is 53.6 Å². The van der Waals surface area contributed by atoms with Crippen molar-refractivity contribution in [2.24, 2.45) is 5.41 Å². The largest absolute Gasteiger partial charge is 0.143 e. The molecule has 16 heavy (non-hydrogen) atoms. The lowest BCUT2D eigenvalue weighted by Crippen LogP contribution is -2.20. The molecule has 1 atom stereocenters. The van der Waals surface area contributed by atoms with Crippen molar-refractivity contribution in [1.29, 1.82) is 0 Å². The summed E-state index contributed by atoms with van der Waals surface area (Å²) < 4.78 is 1.21. The molecule has 2 rings (SSSR count). The fraction of sp³-hybridized carbons (Fsp3) is 0.692. The Morgan fingerprint density at radius 1 is 1.50 bits per heavy atom. The van der Waals surface area contributed by atoms with Crippen LogP contribution < -0.4 is 0 Å². The number of aryl methyl sites for hydroxylation is 1. The Kier molecular flexibility index (Phi) is 4.03. The maximum atomic E-state index is 6.74. The zero-order valence-corrected chi connectivity index (χ0v) is 13.0. The van der Waals surface area contributed by atoms with Gasteiger partial charge in [0.05, 0.1) is 5.38 Å². The molecule has 0 amide bonds. The van der Waals surface area contributed by atoms with Crippen LogP contribution in [0.2, 0.25) is 0 Å². The highest BCUT2D eigenvalue weighted by Crippen LogP contribution is 2.54. The molecule has 1 fully saturated rings. The van der Waals surface area contributed by atoms with Crippen LogP contribution in [0.15, 0.2) is 10.5 Å². The van der Waals surface area contributed by atoms with E-state index in [0.29, 0.717) is 5.41 Å². The van der Waals surface area contributed by atoms with E-state index < -0.39 is 0 Å². The number of halogens is 2. The summed E-state index contributed by atoms with van der Waals surface area (Å²) in [5, 5.41) is 0.204. The van der Waals surface area contributed by atoms with Gasteiger partial charge in [-0.3, -0.25) is 0 Å². The Bertz CT molecular complexity index is 347. The summed E-state index contributed by atoms with van der Waals surface area (Å²) >= 11 is 12.2. The summed E-state index contributed by atoms with van der Waals surface area (Å²) in [5.74, 6) is 0. The smallest absolute Gasteiger partial charge is 0.0735 e. The first kappa shape index (κ1) is 12.9. The van der Waals surface area contributed by atoms with Gasteiger partial charge in [0.15, 0.2) is 0 Å². The Balaban J connectivity index is 2.26. The minimum atomic E-state index is 0.204. The summed E-state index contributed by atoms with van der Waals surface area (Å²) in [6.07, 6.45) is 6.50. The number of hydrogen-bond donors (Lipinski definition) is 0. The van der Waals surface area contributed by atoms with E-state index in [1.54, 1.807) is 0 Å². The van der Waals surface area contributed by atoms with Crippen molar-refractivity contribution >= 4 is 38.9 Å². The van der Waals surface area contributed by atoms with Gasteiger partial charge >= 0.3 is 0 Å². The molecule has 0 spiro atoms. The van der Waals surface area contributed by atoms with Gasteiger partial charge in [-0.25, -0.2) is 0 Å². The monoisotopic (exact) mass is 320 g/mol. The minimum absolute atomic E-state index is 0.204. The highest BCUT2D eigenvalue weighted by molar-refractivity contribution is 9.10. The van der Waals surface area contributed by atoms with Crippen LogP contribution in [-0.4, -0.2) is 0 Å². The van der Waals surface area contributed by atoms with Gasteiger partial charge in [0.1, 0.15) is 0 Å². The first-order valence-electron chi connectivity index (χ1n) is 5.99. The standard InChI is InChI=1S/C13H18BrClS/c1-3-13(6-4-5-7-13)12(15)11-8-10(14)9(2)16-11/h8,12H,3-7H2,1-2H3. The van der Waals surface area contributed by atoms with Crippen LogP contribution in [-0.2, 0) is 0 Å². The number of rotatable bonds is 3. The average Bonchev–Trinajstić information content (AvgIpc) is 2.87. The van der Waals surface area contributed by atoms with Gasteiger partial charge in [-0.2, -0.15) is 0 Å². The zero-order chi connectivity index (χ0) is 11.8. The van der Waals surface area contributed by atoms with Gasteiger partial charge < -0.3 is 0 Å². The van der Waals surface area contributed by atoms with E-state index in [1.165, 1.54) is 46.3 Å². The van der Waals surface area contributed by atoms with Crippen LogP contribution in [0.4, 0.5) is 0 Å². The molecule has 3 heteroatoms. The molecule has 0 N–H and O–H groups in total. The van der Waals surface area contributed by atoms with Crippen molar-refractivity contribution in [1.82, 2.24) is 0 Å². The fourth-order valence-electron chi connectivity index (χ4n) is 2.77. The third-order valence-electron chi connectivity index (χ3n) is 3.97. The quantitative estimate of drug-likeness (QED) is 0.593. The Morgan fingerprint density at radius 3 is 2.56 bits per heavy atom. The van der Waals surface area contributed by atoms with Gasteiger partial charge in [-0.15, -0.1) is 22.9 Å². The molecule has 1 aromatic rings. The van der Waals surface area contributed by atoms with Crippen LogP contribution in [0, 0.1) is 12.3 Å². The fourth-order valence-corrected chi connectivity index (χ4v) is 5.02. The van der Waals surface area contributed by atoms with Gasteiger partial charge in [0.25, 0.3) is 0 Å². The van der Waals surface area contributed by atoms with E-state index >= 15 is 0 Å². The normalized spacial score (nSPS) is 21.2. The predicted molar refractivity (Wildman–Crippen MR) is 76.5 cm³/mol. The molecule has 0 nitrogen and oxygen atoms in total. The zero-order valence-electron chi connectivity index (χ0n) is 9.85. The summed E-state index contributed by atoms with van der Waals surface area (Å²) in [5.41, 5.74) is 0.359. The maximum Gasteiger partial charge on any atom is 0.0735 e. The van der Waals surface area contributed by atoms with E-state index in [4.69, 9.17) is 11.6 Å². The molecule has 0 bridgehead atoms. The molecule has 1 aliphatic rings.